The second-order valence-corrected chi connectivity index (χ2v) is 12.2. The zero-order valence-electron chi connectivity index (χ0n) is 30.0. The summed E-state index contributed by atoms with van der Waals surface area (Å²) in [7, 11) is 2.67. The quantitative estimate of drug-likeness (QED) is 0.0770. The number of carbonyl (C=O) groups excluding carboxylic acids is 4. The Morgan fingerprint density at radius 2 is 1.31 bits per heavy atom. The van der Waals surface area contributed by atoms with Gasteiger partial charge in [-0.25, -0.2) is 9.59 Å². The average molecular weight is 779 g/mol. The fourth-order valence-electron chi connectivity index (χ4n) is 5.56. The van der Waals surface area contributed by atoms with Crippen LogP contribution >= 0.6 is 0 Å². The molecule has 0 amide bonds. The van der Waals surface area contributed by atoms with Crippen LogP contribution in [0.25, 0.3) is 12.2 Å². The van der Waals surface area contributed by atoms with E-state index in [1.165, 1.54) is 62.8 Å². The molecule has 2 fully saturated rings. The third kappa shape index (κ3) is 10.7. The number of benzene rings is 2. The second-order valence-electron chi connectivity index (χ2n) is 12.2. The normalized spacial score (nSPS) is 27.8. The second kappa shape index (κ2) is 18.8. The summed E-state index contributed by atoms with van der Waals surface area (Å²) in [5, 5.41) is 62.6. The number of rotatable bonds is 15. The van der Waals surface area contributed by atoms with E-state index in [2.05, 4.69) is 0 Å². The highest BCUT2D eigenvalue weighted by atomic mass is 16.8. The van der Waals surface area contributed by atoms with Crippen LogP contribution < -0.4 is 9.47 Å². The molecule has 2 heterocycles. The first-order chi connectivity index (χ1) is 26.1. The zero-order valence-corrected chi connectivity index (χ0v) is 30.0. The lowest BCUT2D eigenvalue weighted by molar-refractivity contribution is -0.383. The van der Waals surface area contributed by atoms with E-state index in [0.29, 0.717) is 11.1 Å². The zero-order chi connectivity index (χ0) is 40.4. The van der Waals surface area contributed by atoms with Gasteiger partial charge in [-0.3, -0.25) is 9.59 Å². The maximum atomic E-state index is 13.2. The number of hydrogen-bond acceptors (Lipinski definition) is 19. The van der Waals surface area contributed by atoms with Crippen molar-refractivity contribution >= 4 is 36.0 Å². The van der Waals surface area contributed by atoms with E-state index in [4.69, 9.17) is 42.6 Å². The third-order valence-corrected chi connectivity index (χ3v) is 8.27. The van der Waals surface area contributed by atoms with E-state index >= 15 is 0 Å². The van der Waals surface area contributed by atoms with Gasteiger partial charge < -0.3 is 73.3 Å². The molecule has 2 aromatic carbocycles. The van der Waals surface area contributed by atoms with Crippen molar-refractivity contribution in [3.8, 4) is 23.0 Å². The molecule has 2 aliphatic rings. The van der Waals surface area contributed by atoms with Crippen LogP contribution in [0, 0.1) is 0 Å². The Kier molecular flexibility index (Phi) is 14.6. The molecule has 2 aromatic rings. The number of ether oxygens (including phenoxy) is 9. The summed E-state index contributed by atoms with van der Waals surface area (Å²) in [4.78, 5) is 49.6. The number of hydrogen-bond donors (Lipinski definition) is 6. The molecule has 0 radical (unpaired) electrons. The van der Waals surface area contributed by atoms with Crippen LogP contribution in [0.1, 0.15) is 25.0 Å². The molecule has 0 aliphatic carbocycles. The van der Waals surface area contributed by atoms with Crippen molar-refractivity contribution in [2.24, 2.45) is 0 Å². The lowest BCUT2D eigenvalue weighted by Gasteiger charge is -2.43. The Bertz CT molecular complexity index is 1740. The van der Waals surface area contributed by atoms with E-state index < -0.39 is 98.5 Å². The van der Waals surface area contributed by atoms with Gasteiger partial charge in [-0.15, -0.1) is 0 Å². The fourth-order valence-corrected chi connectivity index (χ4v) is 5.56. The standard InChI is InChI=1S/C36H42O19/c1-18(38)49-16-27-33(51-19(2)39)34(53-29(43)12-8-21-6-10-23(41)25(14-21)48-4)36(17-37,54-27)55-35-32(46)31(45)30(44)26(52-35)15-50-28(42)11-7-20-5-9-22(40)24(13-20)47-3/h5-14,26-27,30-35,37,40-41,44-46H,15-17H2,1-4H3/b11-7+,12-8+/t26-,27+,30+,31-,32+,33+,34-,35+,36-/m0/s1. The molecule has 9 atom stereocenters. The van der Waals surface area contributed by atoms with Gasteiger partial charge in [0.15, 0.2) is 41.5 Å². The summed E-state index contributed by atoms with van der Waals surface area (Å²) in [5.41, 5.74) is 0.848. The SMILES string of the molecule is COc1cc(/C=C/C(=O)OC[C@@H]2O[C@H](O[C@]3(CO)O[C@H](COC(C)=O)[C@@H](OC(C)=O)[C@@H]3OC(=O)/C=C/c3ccc(O)c(OC)c3)[C@H](O)[C@@H](O)[C@@H]2O)ccc1O. The molecular formula is C36H42O19. The Balaban J connectivity index is 1.57. The summed E-state index contributed by atoms with van der Waals surface area (Å²) in [5.74, 6) is -6.28. The van der Waals surface area contributed by atoms with Crippen molar-refractivity contribution in [3.63, 3.8) is 0 Å². The fraction of sp³-hybridized carbons (Fsp3) is 0.444. The van der Waals surface area contributed by atoms with E-state index in [1.807, 2.05) is 0 Å². The number of phenols is 2. The van der Waals surface area contributed by atoms with Crippen molar-refractivity contribution < 1.29 is 92.4 Å². The van der Waals surface area contributed by atoms with Crippen molar-refractivity contribution in [3.05, 3.63) is 59.7 Å². The van der Waals surface area contributed by atoms with Crippen LogP contribution in [0.2, 0.25) is 0 Å². The molecule has 2 saturated heterocycles. The highest BCUT2D eigenvalue weighted by molar-refractivity contribution is 5.88. The van der Waals surface area contributed by atoms with Crippen molar-refractivity contribution in [2.75, 3.05) is 34.0 Å². The van der Waals surface area contributed by atoms with Crippen LogP contribution in [0.3, 0.4) is 0 Å². The lowest BCUT2D eigenvalue weighted by atomic mass is 9.98. The molecule has 19 heteroatoms. The predicted molar refractivity (Wildman–Crippen MR) is 183 cm³/mol. The monoisotopic (exact) mass is 778 g/mol. The molecular weight excluding hydrogens is 736 g/mol. The van der Waals surface area contributed by atoms with E-state index in [0.717, 1.165) is 26.0 Å². The van der Waals surface area contributed by atoms with E-state index in [1.54, 1.807) is 0 Å². The molecule has 0 aromatic heterocycles. The molecule has 0 spiro atoms. The topological polar surface area (TPSA) is 273 Å². The Hall–Kier alpha value is -5.28. The van der Waals surface area contributed by atoms with E-state index in [-0.39, 0.29) is 23.0 Å². The first-order valence-electron chi connectivity index (χ1n) is 16.6. The van der Waals surface area contributed by atoms with Crippen LogP contribution in [0.5, 0.6) is 23.0 Å². The molecule has 55 heavy (non-hydrogen) atoms. The van der Waals surface area contributed by atoms with Crippen molar-refractivity contribution in [2.45, 2.75) is 68.7 Å². The summed E-state index contributed by atoms with van der Waals surface area (Å²) >= 11 is 0. The van der Waals surface area contributed by atoms with Crippen LogP contribution in [0.4, 0.5) is 0 Å². The Morgan fingerprint density at radius 1 is 0.745 bits per heavy atom. The summed E-state index contributed by atoms with van der Waals surface area (Å²) in [6.07, 6.45) is -9.77. The number of esters is 4. The number of carbonyl (C=O) groups is 4. The average Bonchev–Trinajstić information content (AvgIpc) is 3.43. The van der Waals surface area contributed by atoms with Crippen LogP contribution in [0.15, 0.2) is 48.6 Å². The number of aliphatic hydroxyl groups excluding tert-OH is 4. The molecule has 2 aliphatic heterocycles. The van der Waals surface area contributed by atoms with Gasteiger partial charge >= 0.3 is 23.9 Å². The van der Waals surface area contributed by atoms with Gasteiger partial charge in [-0.2, -0.15) is 0 Å². The maximum absolute atomic E-state index is 13.2. The first-order valence-corrected chi connectivity index (χ1v) is 16.6. The highest BCUT2D eigenvalue weighted by Crippen LogP contribution is 2.40. The van der Waals surface area contributed by atoms with Gasteiger partial charge in [0.05, 0.1) is 14.2 Å². The number of phenolic OH excluding ortho intramolecular Hbond substituents is 2. The van der Waals surface area contributed by atoms with E-state index in [9.17, 15) is 49.8 Å². The number of aromatic hydroxyl groups is 2. The smallest absolute Gasteiger partial charge is 0.331 e. The number of methoxy groups -OCH3 is 2. The molecule has 0 unspecified atom stereocenters. The maximum Gasteiger partial charge on any atom is 0.331 e. The molecule has 6 N–H and O–H groups in total. The summed E-state index contributed by atoms with van der Waals surface area (Å²) in [6, 6.07) is 8.47. The van der Waals surface area contributed by atoms with Gasteiger partial charge in [0, 0.05) is 26.0 Å². The Labute approximate surface area is 313 Å². The minimum absolute atomic E-state index is 0.105. The molecule has 0 saturated carbocycles. The largest absolute Gasteiger partial charge is 0.504 e. The first kappa shape index (κ1) is 42.5. The van der Waals surface area contributed by atoms with Gasteiger partial charge in [0.1, 0.15) is 50.3 Å². The van der Waals surface area contributed by atoms with Gasteiger partial charge in [0.25, 0.3) is 0 Å². The molecule has 19 nitrogen and oxygen atoms in total. The predicted octanol–water partition coefficient (Wildman–Crippen LogP) is -0.297. The van der Waals surface area contributed by atoms with Gasteiger partial charge in [-0.1, -0.05) is 12.1 Å². The lowest BCUT2D eigenvalue weighted by Crippen LogP contribution is -2.63. The molecule has 300 valence electrons. The third-order valence-electron chi connectivity index (χ3n) is 8.27. The van der Waals surface area contributed by atoms with Crippen LogP contribution in [-0.4, -0.2) is 143 Å². The van der Waals surface area contributed by atoms with Crippen molar-refractivity contribution in [1.82, 2.24) is 0 Å². The minimum Gasteiger partial charge on any atom is -0.504 e. The Morgan fingerprint density at radius 3 is 1.84 bits per heavy atom. The van der Waals surface area contributed by atoms with Gasteiger partial charge in [-0.05, 0) is 47.5 Å². The molecule has 4 rings (SSSR count). The highest BCUT2D eigenvalue weighted by Gasteiger charge is 2.63. The molecule has 0 bridgehead atoms. The van der Waals surface area contributed by atoms with Crippen molar-refractivity contribution in [1.29, 1.82) is 0 Å². The van der Waals surface area contributed by atoms with Crippen LogP contribution in [-0.2, 0) is 52.3 Å². The van der Waals surface area contributed by atoms with Gasteiger partial charge in [0.2, 0.25) is 5.79 Å². The number of aliphatic hydroxyl groups is 4. The summed E-state index contributed by atoms with van der Waals surface area (Å²) < 4.78 is 48.7. The summed E-state index contributed by atoms with van der Waals surface area (Å²) in [6.45, 7) is -0.382. The minimum atomic E-state index is -2.56.